The molecule has 0 saturated heterocycles. The van der Waals surface area contributed by atoms with Gasteiger partial charge in [-0.25, -0.2) is 0 Å². The first-order chi connectivity index (χ1) is 7.89. The molecule has 1 aliphatic carbocycles. The van der Waals surface area contributed by atoms with Crippen molar-refractivity contribution < 1.29 is 5.11 Å². The van der Waals surface area contributed by atoms with Crippen molar-refractivity contribution in [1.82, 2.24) is 10.2 Å². The number of hydrogen-bond donors (Lipinski definition) is 2. The van der Waals surface area contributed by atoms with E-state index in [9.17, 15) is 5.11 Å². The number of nitrogens with one attached hydrogen (secondary N) is 1. The molecule has 0 amide bonds. The van der Waals surface area contributed by atoms with Gasteiger partial charge in [0, 0.05) is 6.54 Å². The molecule has 0 aromatic carbocycles. The van der Waals surface area contributed by atoms with Crippen molar-refractivity contribution >= 4 is 32.4 Å². The quantitative estimate of drug-likeness (QED) is 0.899. The maximum atomic E-state index is 10.5. The highest BCUT2D eigenvalue weighted by molar-refractivity contribution is 9.11. The number of nitrogens with zero attached hydrogens (tertiary/aromatic N) is 2. The highest BCUT2D eigenvalue weighted by Gasteiger charge is 2.36. The summed E-state index contributed by atoms with van der Waals surface area (Å²) in [6, 6.07) is 0. The maximum Gasteiger partial charge on any atom is 0.206 e. The van der Waals surface area contributed by atoms with E-state index < -0.39 is 5.60 Å². The van der Waals surface area contributed by atoms with Gasteiger partial charge in [0.25, 0.3) is 0 Å². The Morgan fingerprint density at radius 2 is 1.94 bits per heavy atom. The molecule has 96 valence electrons. The molecule has 17 heavy (non-hydrogen) atoms. The summed E-state index contributed by atoms with van der Waals surface area (Å²) in [5, 5.41) is 22.2. The lowest BCUT2D eigenvalue weighted by Gasteiger charge is -2.40. The Morgan fingerprint density at radius 1 is 1.29 bits per heavy atom. The van der Waals surface area contributed by atoms with Crippen molar-refractivity contribution in [2.24, 2.45) is 5.41 Å². The predicted molar refractivity (Wildman–Crippen MR) is 73.3 cm³/mol. The molecule has 0 aliphatic heterocycles. The topological polar surface area (TPSA) is 58.0 Å². The second-order valence-electron chi connectivity index (χ2n) is 5.60. The molecule has 1 aliphatic rings. The average Bonchev–Trinajstić information content (AvgIpc) is 2.67. The predicted octanol–water partition coefficient (Wildman–Crippen LogP) is 3.04. The molecule has 0 bridgehead atoms. The van der Waals surface area contributed by atoms with E-state index in [1.54, 1.807) is 0 Å². The molecule has 1 fully saturated rings. The van der Waals surface area contributed by atoms with Crippen LogP contribution >= 0.6 is 27.3 Å². The zero-order chi connectivity index (χ0) is 12.5. The van der Waals surface area contributed by atoms with Crippen LogP contribution in [0.1, 0.15) is 39.5 Å². The molecule has 6 heteroatoms. The summed E-state index contributed by atoms with van der Waals surface area (Å²) in [6.45, 7) is 5.09. The Hall–Kier alpha value is -0.200. The summed E-state index contributed by atoms with van der Waals surface area (Å²) in [5.41, 5.74) is -0.217. The van der Waals surface area contributed by atoms with Crippen LogP contribution in [0.5, 0.6) is 0 Å². The van der Waals surface area contributed by atoms with Gasteiger partial charge in [-0.2, -0.15) is 0 Å². The zero-order valence-electron chi connectivity index (χ0n) is 10.2. The number of halogens is 1. The molecule has 0 spiro atoms. The molecule has 1 saturated carbocycles. The Labute approximate surface area is 114 Å². The highest BCUT2D eigenvalue weighted by atomic mass is 79.9. The monoisotopic (exact) mass is 319 g/mol. The lowest BCUT2D eigenvalue weighted by Crippen LogP contribution is -2.42. The second kappa shape index (κ2) is 4.82. The van der Waals surface area contributed by atoms with Crippen LogP contribution in [0, 0.1) is 5.41 Å². The summed E-state index contributed by atoms with van der Waals surface area (Å²) < 4.78 is 0.761. The molecule has 0 atom stereocenters. The average molecular weight is 320 g/mol. The summed E-state index contributed by atoms with van der Waals surface area (Å²) in [6.07, 6.45) is 3.86. The van der Waals surface area contributed by atoms with E-state index >= 15 is 0 Å². The standard InChI is InChI=1S/C11H18BrN3OS/c1-10(2)3-5-11(16,6-4-10)7-13-9-15-14-8(12)17-9/h16H,3-7H2,1-2H3,(H,13,15). The third-order valence-electron chi connectivity index (χ3n) is 3.50. The minimum Gasteiger partial charge on any atom is -0.388 e. The normalized spacial score (nSPS) is 22.4. The van der Waals surface area contributed by atoms with Crippen molar-refractivity contribution in [2.45, 2.75) is 45.1 Å². The summed E-state index contributed by atoms with van der Waals surface area (Å²) in [7, 11) is 0. The SMILES string of the molecule is CC1(C)CCC(O)(CNc2nnc(Br)s2)CC1. The van der Waals surface area contributed by atoms with Crippen LogP contribution in [0.15, 0.2) is 3.92 Å². The van der Waals surface area contributed by atoms with Gasteiger partial charge in [-0.1, -0.05) is 25.2 Å². The fraction of sp³-hybridized carbons (Fsp3) is 0.818. The highest BCUT2D eigenvalue weighted by Crippen LogP contribution is 2.40. The molecule has 1 aromatic heterocycles. The van der Waals surface area contributed by atoms with Crippen molar-refractivity contribution in [3.8, 4) is 0 Å². The van der Waals surface area contributed by atoms with Crippen LogP contribution < -0.4 is 5.32 Å². The van der Waals surface area contributed by atoms with Crippen molar-refractivity contribution in [3.05, 3.63) is 3.92 Å². The van der Waals surface area contributed by atoms with Gasteiger partial charge >= 0.3 is 0 Å². The van der Waals surface area contributed by atoms with Crippen LogP contribution in [0.2, 0.25) is 0 Å². The van der Waals surface area contributed by atoms with Gasteiger partial charge in [0.2, 0.25) is 5.13 Å². The number of aliphatic hydroxyl groups is 1. The van der Waals surface area contributed by atoms with Crippen molar-refractivity contribution in [3.63, 3.8) is 0 Å². The molecular weight excluding hydrogens is 302 g/mol. The Morgan fingerprint density at radius 3 is 2.47 bits per heavy atom. The van der Waals surface area contributed by atoms with Crippen LogP contribution in [0.3, 0.4) is 0 Å². The molecule has 1 heterocycles. The molecule has 0 radical (unpaired) electrons. The van der Waals surface area contributed by atoms with Gasteiger partial charge in [-0.15, -0.1) is 10.2 Å². The fourth-order valence-corrected chi connectivity index (χ4v) is 3.09. The number of hydrogen-bond acceptors (Lipinski definition) is 5. The summed E-state index contributed by atoms with van der Waals surface area (Å²) in [5.74, 6) is 0. The molecule has 4 nitrogen and oxygen atoms in total. The second-order valence-corrected chi connectivity index (χ2v) is 7.86. The Balaban J connectivity index is 1.87. The maximum absolute atomic E-state index is 10.5. The van der Waals surface area contributed by atoms with Crippen LogP contribution in [-0.4, -0.2) is 27.4 Å². The van der Waals surface area contributed by atoms with Crippen LogP contribution in [0.25, 0.3) is 0 Å². The first kappa shape index (κ1) is 13.2. The van der Waals surface area contributed by atoms with E-state index in [4.69, 9.17) is 0 Å². The lowest BCUT2D eigenvalue weighted by molar-refractivity contribution is -0.0145. The first-order valence-electron chi connectivity index (χ1n) is 5.84. The Bertz CT molecular complexity index is 384. The van der Waals surface area contributed by atoms with Gasteiger partial charge in [0.1, 0.15) is 0 Å². The van der Waals surface area contributed by atoms with E-state index in [-0.39, 0.29) is 0 Å². The first-order valence-corrected chi connectivity index (χ1v) is 7.45. The largest absolute Gasteiger partial charge is 0.388 e. The van der Waals surface area contributed by atoms with E-state index in [2.05, 4.69) is 45.3 Å². The molecular formula is C11H18BrN3OS. The van der Waals surface area contributed by atoms with Gasteiger partial charge in [0.15, 0.2) is 3.92 Å². The van der Waals surface area contributed by atoms with E-state index in [1.807, 2.05) is 0 Å². The third kappa shape index (κ3) is 3.63. The lowest BCUT2D eigenvalue weighted by atomic mass is 9.71. The molecule has 2 rings (SSSR count). The molecule has 1 aromatic rings. The fourth-order valence-electron chi connectivity index (χ4n) is 2.09. The molecule has 2 N–H and O–H groups in total. The van der Waals surface area contributed by atoms with Gasteiger partial charge in [-0.3, -0.25) is 0 Å². The van der Waals surface area contributed by atoms with Crippen molar-refractivity contribution in [2.75, 3.05) is 11.9 Å². The number of rotatable bonds is 3. The van der Waals surface area contributed by atoms with Gasteiger partial charge < -0.3 is 10.4 Å². The van der Waals surface area contributed by atoms with E-state index in [1.165, 1.54) is 11.3 Å². The third-order valence-corrected chi connectivity index (χ3v) is 4.82. The summed E-state index contributed by atoms with van der Waals surface area (Å²) >= 11 is 4.72. The molecule has 0 unspecified atom stereocenters. The van der Waals surface area contributed by atoms with Gasteiger partial charge in [-0.05, 0) is 47.0 Å². The minimum atomic E-state index is -0.590. The number of anilines is 1. The summed E-state index contributed by atoms with van der Waals surface area (Å²) in [4.78, 5) is 0. The van der Waals surface area contributed by atoms with Crippen LogP contribution in [-0.2, 0) is 0 Å². The van der Waals surface area contributed by atoms with Gasteiger partial charge in [0.05, 0.1) is 5.60 Å². The van der Waals surface area contributed by atoms with E-state index in [0.717, 1.165) is 34.7 Å². The zero-order valence-corrected chi connectivity index (χ0v) is 12.6. The minimum absolute atomic E-state index is 0.373. The van der Waals surface area contributed by atoms with Crippen LogP contribution in [0.4, 0.5) is 5.13 Å². The number of aromatic nitrogens is 2. The van der Waals surface area contributed by atoms with E-state index in [0.29, 0.717) is 12.0 Å². The van der Waals surface area contributed by atoms with Crippen molar-refractivity contribution in [1.29, 1.82) is 0 Å². The smallest absolute Gasteiger partial charge is 0.206 e. The Kier molecular flexibility index (Phi) is 3.75.